The second kappa shape index (κ2) is 7.57. The third kappa shape index (κ3) is 3.38. The second-order valence-electron chi connectivity index (χ2n) is 6.35. The maximum atomic E-state index is 13.0. The molecule has 0 saturated heterocycles. The van der Waals surface area contributed by atoms with Crippen molar-refractivity contribution in [2.45, 2.75) is 26.3 Å². The molecule has 1 aliphatic rings. The first-order valence-electron chi connectivity index (χ1n) is 8.47. The fraction of sp³-hybridized carbons (Fsp3) is 0.250. The number of hydrogen-bond donors (Lipinski definition) is 1. The van der Waals surface area contributed by atoms with Gasteiger partial charge in [-0.05, 0) is 64.9 Å². The van der Waals surface area contributed by atoms with Gasteiger partial charge in [0.2, 0.25) is 5.91 Å². The van der Waals surface area contributed by atoms with Crippen LogP contribution in [0.25, 0.3) is 0 Å². The van der Waals surface area contributed by atoms with E-state index in [9.17, 15) is 14.4 Å². The first kappa shape index (κ1) is 18.6. The summed E-state index contributed by atoms with van der Waals surface area (Å²) in [6, 6.07) is 13.2. The van der Waals surface area contributed by atoms with Crippen LogP contribution >= 0.6 is 22.6 Å². The van der Waals surface area contributed by atoms with Gasteiger partial charge >= 0.3 is 0 Å². The molecular weight excluding hydrogens is 443 g/mol. The summed E-state index contributed by atoms with van der Waals surface area (Å²) in [5, 5.41) is 2.84. The minimum atomic E-state index is -0.855. The fourth-order valence-corrected chi connectivity index (χ4v) is 3.42. The molecule has 1 aliphatic heterocycles. The van der Waals surface area contributed by atoms with Gasteiger partial charge in [-0.15, -0.1) is 0 Å². The largest absolute Gasteiger partial charge is 0.324 e. The van der Waals surface area contributed by atoms with Gasteiger partial charge in [0.15, 0.2) is 0 Å². The van der Waals surface area contributed by atoms with Gasteiger partial charge in [-0.25, -0.2) is 0 Å². The van der Waals surface area contributed by atoms with E-state index in [2.05, 4.69) is 27.9 Å². The summed E-state index contributed by atoms with van der Waals surface area (Å²) in [5.41, 5.74) is 1.35. The van der Waals surface area contributed by atoms with Crippen molar-refractivity contribution < 1.29 is 14.4 Å². The Morgan fingerprint density at radius 3 is 2.08 bits per heavy atom. The Hall–Kier alpha value is -2.22. The number of halogens is 1. The molecule has 0 bridgehead atoms. The van der Waals surface area contributed by atoms with Crippen LogP contribution in [0, 0.1) is 9.49 Å². The van der Waals surface area contributed by atoms with E-state index in [0.29, 0.717) is 23.2 Å². The summed E-state index contributed by atoms with van der Waals surface area (Å²) in [6.07, 6.45) is 0.665. The van der Waals surface area contributed by atoms with Crippen molar-refractivity contribution in [2.75, 3.05) is 5.32 Å². The molecular formula is C20H19IN2O3. The average molecular weight is 462 g/mol. The predicted molar refractivity (Wildman–Crippen MR) is 108 cm³/mol. The first-order valence-corrected chi connectivity index (χ1v) is 9.55. The van der Waals surface area contributed by atoms with Crippen LogP contribution in [-0.2, 0) is 4.79 Å². The van der Waals surface area contributed by atoms with Crippen molar-refractivity contribution >= 4 is 46.0 Å². The van der Waals surface area contributed by atoms with Crippen molar-refractivity contribution in [3.8, 4) is 0 Å². The van der Waals surface area contributed by atoms with Gasteiger partial charge < -0.3 is 5.32 Å². The second-order valence-corrected chi connectivity index (χ2v) is 7.60. The topological polar surface area (TPSA) is 66.5 Å². The van der Waals surface area contributed by atoms with Gasteiger partial charge in [-0.2, -0.15) is 0 Å². The van der Waals surface area contributed by atoms with E-state index in [4.69, 9.17) is 0 Å². The third-order valence-corrected chi connectivity index (χ3v) is 5.39. The Balaban J connectivity index is 1.92. The van der Waals surface area contributed by atoms with Gasteiger partial charge in [0.1, 0.15) is 6.04 Å². The average Bonchev–Trinajstić information content (AvgIpc) is 2.89. The number of fused-ring (bicyclic) bond motifs is 1. The molecule has 2 aromatic carbocycles. The van der Waals surface area contributed by atoms with E-state index in [0.717, 1.165) is 8.47 Å². The fourth-order valence-electron chi connectivity index (χ4n) is 3.06. The minimum Gasteiger partial charge on any atom is -0.324 e. The van der Waals surface area contributed by atoms with E-state index < -0.39 is 17.9 Å². The van der Waals surface area contributed by atoms with E-state index in [1.807, 2.05) is 26.0 Å². The maximum absolute atomic E-state index is 13.0. The summed E-state index contributed by atoms with van der Waals surface area (Å²) in [6.45, 7) is 3.82. The van der Waals surface area contributed by atoms with Gasteiger partial charge in [-0.3, -0.25) is 19.3 Å². The zero-order valence-corrected chi connectivity index (χ0v) is 16.7. The Labute approximate surface area is 165 Å². The number of hydrogen-bond acceptors (Lipinski definition) is 3. The van der Waals surface area contributed by atoms with Crippen LogP contribution in [0.1, 0.15) is 41.0 Å². The molecule has 3 amide bonds. The van der Waals surface area contributed by atoms with Crippen LogP contribution in [0.4, 0.5) is 5.69 Å². The summed E-state index contributed by atoms with van der Waals surface area (Å²) in [7, 11) is 0. The van der Waals surface area contributed by atoms with E-state index in [1.165, 1.54) is 0 Å². The normalized spacial score (nSPS) is 15.6. The molecule has 26 heavy (non-hydrogen) atoms. The predicted octanol–water partition coefficient (Wildman–Crippen LogP) is 3.94. The van der Waals surface area contributed by atoms with Crippen molar-refractivity contribution in [2.24, 2.45) is 5.92 Å². The number of anilines is 1. The lowest BCUT2D eigenvalue weighted by atomic mass is 9.96. The molecule has 5 nitrogen and oxygen atoms in total. The van der Waals surface area contributed by atoms with Gasteiger partial charge in [-0.1, -0.05) is 32.4 Å². The molecule has 0 radical (unpaired) electrons. The minimum absolute atomic E-state index is 0.166. The molecule has 0 spiro atoms. The molecule has 134 valence electrons. The highest BCUT2D eigenvalue weighted by Gasteiger charge is 2.44. The standard InChI is InChI=1S/C20H19IN2O3/c1-3-12(2)17(18(24)22-14-10-8-13(21)9-11-14)23-19(25)15-6-4-5-7-16(15)20(23)26/h4-12,17H,3H2,1-2H3,(H,22,24). The summed E-state index contributed by atoms with van der Waals surface area (Å²) in [4.78, 5) is 39.7. The molecule has 0 aliphatic carbocycles. The van der Waals surface area contributed by atoms with Crippen LogP contribution in [-0.4, -0.2) is 28.7 Å². The highest BCUT2D eigenvalue weighted by atomic mass is 127. The Bertz CT molecular complexity index is 829. The highest BCUT2D eigenvalue weighted by Crippen LogP contribution is 2.28. The van der Waals surface area contributed by atoms with E-state index in [-0.39, 0.29) is 11.8 Å². The third-order valence-electron chi connectivity index (χ3n) is 4.67. The number of amides is 3. The summed E-state index contributed by atoms with van der Waals surface area (Å²) in [5.74, 6) is -1.33. The molecule has 2 unspecified atom stereocenters. The highest BCUT2D eigenvalue weighted by molar-refractivity contribution is 14.1. The SMILES string of the molecule is CCC(C)C(C(=O)Nc1ccc(I)cc1)N1C(=O)c2ccccc2C1=O. The molecule has 0 aromatic heterocycles. The number of carbonyl (C=O) groups is 3. The molecule has 2 aromatic rings. The molecule has 0 fully saturated rings. The summed E-state index contributed by atoms with van der Waals surface area (Å²) < 4.78 is 1.06. The van der Waals surface area contributed by atoms with Crippen LogP contribution in [0.5, 0.6) is 0 Å². The Morgan fingerprint density at radius 2 is 1.58 bits per heavy atom. The summed E-state index contributed by atoms with van der Waals surface area (Å²) >= 11 is 2.19. The van der Waals surface area contributed by atoms with E-state index >= 15 is 0 Å². The first-order chi connectivity index (χ1) is 12.4. The lowest BCUT2D eigenvalue weighted by Crippen LogP contribution is -2.50. The molecule has 6 heteroatoms. The lowest BCUT2D eigenvalue weighted by Gasteiger charge is -2.29. The monoisotopic (exact) mass is 462 g/mol. The van der Waals surface area contributed by atoms with Crippen LogP contribution < -0.4 is 5.32 Å². The molecule has 2 atom stereocenters. The number of carbonyl (C=O) groups excluding carboxylic acids is 3. The number of nitrogens with one attached hydrogen (secondary N) is 1. The number of imide groups is 1. The Kier molecular flexibility index (Phi) is 5.41. The molecule has 1 N–H and O–H groups in total. The Morgan fingerprint density at radius 1 is 1.04 bits per heavy atom. The number of benzene rings is 2. The zero-order valence-electron chi connectivity index (χ0n) is 14.5. The lowest BCUT2D eigenvalue weighted by molar-refractivity contribution is -0.121. The number of nitrogens with zero attached hydrogens (tertiary/aromatic N) is 1. The van der Waals surface area contributed by atoms with Crippen LogP contribution in [0.3, 0.4) is 0 Å². The van der Waals surface area contributed by atoms with Crippen molar-refractivity contribution in [1.82, 2.24) is 4.90 Å². The van der Waals surface area contributed by atoms with Gasteiger partial charge in [0.05, 0.1) is 11.1 Å². The quantitative estimate of drug-likeness (QED) is 0.541. The molecule has 0 saturated carbocycles. The smallest absolute Gasteiger partial charge is 0.262 e. The van der Waals surface area contributed by atoms with Crippen molar-refractivity contribution in [3.05, 3.63) is 63.2 Å². The zero-order chi connectivity index (χ0) is 18.8. The van der Waals surface area contributed by atoms with Gasteiger partial charge in [0, 0.05) is 9.26 Å². The van der Waals surface area contributed by atoms with Crippen LogP contribution in [0.15, 0.2) is 48.5 Å². The van der Waals surface area contributed by atoms with Crippen molar-refractivity contribution in [1.29, 1.82) is 0 Å². The molecule has 1 heterocycles. The maximum Gasteiger partial charge on any atom is 0.262 e. The van der Waals surface area contributed by atoms with Crippen molar-refractivity contribution in [3.63, 3.8) is 0 Å². The van der Waals surface area contributed by atoms with Gasteiger partial charge in [0.25, 0.3) is 11.8 Å². The number of rotatable bonds is 5. The van der Waals surface area contributed by atoms with E-state index in [1.54, 1.807) is 36.4 Å². The molecule has 3 rings (SSSR count). The van der Waals surface area contributed by atoms with Crippen LogP contribution in [0.2, 0.25) is 0 Å².